The van der Waals surface area contributed by atoms with Gasteiger partial charge in [0.1, 0.15) is 5.69 Å². The monoisotopic (exact) mass is 176 g/mol. The molecule has 2 aromatic heterocycles. The van der Waals surface area contributed by atoms with Gasteiger partial charge in [0.25, 0.3) is 0 Å². The highest BCUT2D eigenvalue weighted by molar-refractivity contribution is 5.97. The number of carbonyl (C=O) groups excluding carboxylic acids is 1. The normalized spacial score (nSPS) is 10.5. The number of rotatable bonds is 1. The molecule has 0 aliphatic heterocycles. The van der Waals surface area contributed by atoms with Crippen LogP contribution in [0.15, 0.2) is 12.3 Å². The molecule has 0 saturated carbocycles. The lowest BCUT2D eigenvalue weighted by Gasteiger charge is -1.93. The minimum atomic E-state index is -0.0810. The van der Waals surface area contributed by atoms with Gasteiger partial charge in [0.2, 0.25) is 0 Å². The summed E-state index contributed by atoms with van der Waals surface area (Å²) in [6.45, 7) is 1.46. The van der Waals surface area contributed by atoms with Crippen molar-refractivity contribution in [2.24, 2.45) is 0 Å². The maximum absolute atomic E-state index is 11.0. The average Bonchev–Trinajstić information content (AvgIpc) is 2.47. The molecule has 0 atom stereocenters. The van der Waals surface area contributed by atoms with Crippen molar-refractivity contribution >= 4 is 22.5 Å². The number of fused-ring (bicyclic) bond motifs is 1. The molecule has 13 heavy (non-hydrogen) atoms. The molecule has 0 bridgehead atoms. The highest BCUT2D eigenvalue weighted by Gasteiger charge is 2.06. The maximum atomic E-state index is 11.0. The second-order valence-corrected chi connectivity index (χ2v) is 2.78. The van der Waals surface area contributed by atoms with Gasteiger partial charge < -0.3 is 5.73 Å². The quantitative estimate of drug-likeness (QED) is 0.627. The molecule has 0 spiro atoms. The number of aromatic amines is 1. The Morgan fingerprint density at radius 3 is 3.08 bits per heavy atom. The number of pyridine rings is 1. The van der Waals surface area contributed by atoms with Gasteiger partial charge in [-0.05, 0) is 6.07 Å². The number of carbonyl (C=O) groups is 1. The molecule has 0 unspecified atom stereocenters. The molecule has 66 valence electrons. The van der Waals surface area contributed by atoms with Gasteiger partial charge >= 0.3 is 0 Å². The smallest absolute Gasteiger partial charge is 0.178 e. The van der Waals surface area contributed by atoms with Gasteiger partial charge in [-0.25, -0.2) is 0 Å². The highest BCUT2D eigenvalue weighted by Crippen LogP contribution is 2.17. The third-order valence-corrected chi connectivity index (χ3v) is 1.84. The number of nitrogens with zero attached hydrogens (tertiary/aromatic N) is 2. The van der Waals surface area contributed by atoms with E-state index in [0.29, 0.717) is 11.5 Å². The summed E-state index contributed by atoms with van der Waals surface area (Å²) in [5.41, 5.74) is 6.71. The number of Topliss-reactive ketones (excluding diaryl/α,β-unsaturated/α-hetero) is 1. The fourth-order valence-corrected chi connectivity index (χ4v) is 1.13. The fraction of sp³-hybridized carbons (Fsp3) is 0.125. The van der Waals surface area contributed by atoms with Crippen molar-refractivity contribution in [2.75, 3.05) is 5.73 Å². The number of nitrogens with two attached hydrogens (primary N) is 1. The molecule has 5 nitrogen and oxygen atoms in total. The molecule has 0 amide bonds. The average molecular weight is 176 g/mol. The van der Waals surface area contributed by atoms with Gasteiger partial charge in [-0.15, -0.1) is 0 Å². The summed E-state index contributed by atoms with van der Waals surface area (Å²) in [6.07, 6.45) is 1.55. The summed E-state index contributed by atoms with van der Waals surface area (Å²) in [7, 11) is 0. The molecule has 2 rings (SSSR count). The van der Waals surface area contributed by atoms with E-state index >= 15 is 0 Å². The van der Waals surface area contributed by atoms with E-state index in [1.165, 1.54) is 6.92 Å². The zero-order valence-corrected chi connectivity index (χ0v) is 7.03. The van der Waals surface area contributed by atoms with Crippen molar-refractivity contribution in [1.29, 1.82) is 0 Å². The Morgan fingerprint density at radius 1 is 1.62 bits per heavy atom. The predicted octanol–water partition coefficient (Wildman–Crippen LogP) is 0.743. The second kappa shape index (κ2) is 2.55. The van der Waals surface area contributed by atoms with Gasteiger partial charge in [-0.1, -0.05) is 0 Å². The highest BCUT2D eigenvalue weighted by atomic mass is 16.1. The van der Waals surface area contributed by atoms with E-state index < -0.39 is 0 Å². The number of nitrogens with one attached hydrogen (secondary N) is 1. The first-order chi connectivity index (χ1) is 6.18. The first kappa shape index (κ1) is 7.72. The van der Waals surface area contributed by atoms with Crippen molar-refractivity contribution in [3.8, 4) is 0 Å². The summed E-state index contributed by atoms with van der Waals surface area (Å²) in [4.78, 5) is 14.9. The number of hydrogen-bond acceptors (Lipinski definition) is 4. The molecule has 0 aliphatic rings. The first-order valence-corrected chi connectivity index (χ1v) is 3.79. The number of hydrogen-bond donors (Lipinski definition) is 2. The zero-order valence-electron chi connectivity index (χ0n) is 7.03. The van der Waals surface area contributed by atoms with Crippen molar-refractivity contribution in [3.63, 3.8) is 0 Å². The van der Waals surface area contributed by atoms with Crippen LogP contribution in [0.3, 0.4) is 0 Å². The van der Waals surface area contributed by atoms with E-state index in [9.17, 15) is 4.79 Å². The van der Waals surface area contributed by atoms with Crippen LogP contribution in [-0.4, -0.2) is 21.0 Å². The van der Waals surface area contributed by atoms with Crippen LogP contribution in [-0.2, 0) is 0 Å². The van der Waals surface area contributed by atoms with Gasteiger partial charge in [0.15, 0.2) is 11.6 Å². The van der Waals surface area contributed by atoms with Crippen LogP contribution in [0.1, 0.15) is 17.4 Å². The van der Waals surface area contributed by atoms with Gasteiger partial charge in [-0.2, -0.15) is 5.10 Å². The number of nitrogen functional groups attached to an aromatic ring is 1. The van der Waals surface area contributed by atoms with E-state index in [1.807, 2.05) is 0 Å². The molecule has 0 radical (unpaired) electrons. The van der Waals surface area contributed by atoms with Crippen LogP contribution >= 0.6 is 0 Å². The van der Waals surface area contributed by atoms with Gasteiger partial charge in [0, 0.05) is 12.3 Å². The third kappa shape index (κ3) is 1.14. The molecule has 0 fully saturated rings. The predicted molar refractivity (Wildman–Crippen MR) is 48.3 cm³/mol. The zero-order chi connectivity index (χ0) is 9.42. The van der Waals surface area contributed by atoms with Crippen LogP contribution < -0.4 is 5.73 Å². The molecular weight excluding hydrogens is 168 g/mol. The Balaban J connectivity index is 2.72. The first-order valence-electron chi connectivity index (χ1n) is 3.79. The Kier molecular flexibility index (Phi) is 1.51. The molecule has 0 aliphatic carbocycles. The third-order valence-electron chi connectivity index (χ3n) is 1.84. The summed E-state index contributed by atoms with van der Waals surface area (Å²) >= 11 is 0. The number of anilines is 1. The van der Waals surface area contributed by atoms with E-state index in [2.05, 4.69) is 15.2 Å². The molecule has 2 heterocycles. The number of ketones is 1. The topological polar surface area (TPSA) is 84.7 Å². The Morgan fingerprint density at radius 2 is 2.38 bits per heavy atom. The SMILES string of the molecule is CC(=O)c1cc2c(N)n[nH]c2cn1. The Labute approximate surface area is 74.0 Å². The largest absolute Gasteiger partial charge is 0.382 e. The fourth-order valence-electron chi connectivity index (χ4n) is 1.13. The standard InChI is InChI=1S/C8H8N4O/c1-4(13)6-2-5-7(3-10-6)11-12-8(5)9/h2-3H,1H3,(H3,9,11,12). The van der Waals surface area contributed by atoms with Crippen molar-refractivity contribution in [1.82, 2.24) is 15.2 Å². The lowest BCUT2D eigenvalue weighted by Crippen LogP contribution is -1.95. The maximum Gasteiger partial charge on any atom is 0.178 e. The van der Waals surface area contributed by atoms with E-state index in [4.69, 9.17) is 5.73 Å². The van der Waals surface area contributed by atoms with Crippen LogP contribution in [0.4, 0.5) is 5.82 Å². The van der Waals surface area contributed by atoms with Crippen molar-refractivity contribution in [3.05, 3.63) is 18.0 Å². The summed E-state index contributed by atoms with van der Waals surface area (Å²) in [5, 5.41) is 7.24. The summed E-state index contributed by atoms with van der Waals surface area (Å²) in [5.74, 6) is 0.308. The molecule has 5 heteroatoms. The second-order valence-electron chi connectivity index (χ2n) is 2.78. The molecule has 2 aromatic rings. The summed E-state index contributed by atoms with van der Waals surface area (Å²) < 4.78 is 0. The lowest BCUT2D eigenvalue weighted by atomic mass is 10.2. The van der Waals surface area contributed by atoms with Crippen LogP contribution in [0, 0.1) is 0 Å². The van der Waals surface area contributed by atoms with E-state index in [0.717, 1.165) is 10.9 Å². The lowest BCUT2D eigenvalue weighted by molar-refractivity contribution is 0.101. The minimum Gasteiger partial charge on any atom is -0.382 e. The summed E-state index contributed by atoms with van der Waals surface area (Å²) in [6, 6.07) is 1.64. The molecule has 0 aromatic carbocycles. The number of H-pyrrole nitrogens is 1. The number of aromatic nitrogens is 3. The van der Waals surface area contributed by atoms with E-state index in [1.54, 1.807) is 12.3 Å². The van der Waals surface area contributed by atoms with Crippen LogP contribution in [0.25, 0.3) is 10.9 Å². The van der Waals surface area contributed by atoms with Gasteiger partial charge in [0.05, 0.1) is 11.7 Å². The van der Waals surface area contributed by atoms with Crippen LogP contribution in [0.2, 0.25) is 0 Å². The van der Waals surface area contributed by atoms with Crippen LogP contribution in [0.5, 0.6) is 0 Å². The molecule has 3 N–H and O–H groups in total. The Hall–Kier alpha value is -1.91. The Bertz CT molecular complexity index is 474. The minimum absolute atomic E-state index is 0.0810. The molecule has 0 saturated heterocycles. The van der Waals surface area contributed by atoms with E-state index in [-0.39, 0.29) is 5.78 Å². The van der Waals surface area contributed by atoms with Crippen molar-refractivity contribution in [2.45, 2.75) is 6.92 Å². The van der Waals surface area contributed by atoms with Crippen molar-refractivity contribution < 1.29 is 4.79 Å². The van der Waals surface area contributed by atoms with Gasteiger partial charge in [-0.3, -0.25) is 14.9 Å². The molecular formula is C8H8N4O.